The molecule has 0 aromatic heterocycles. The van der Waals surface area contributed by atoms with Crippen LogP contribution in [0.4, 0.5) is 0 Å². The van der Waals surface area contributed by atoms with Gasteiger partial charge in [-0.1, -0.05) is 0 Å². The van der Waals surface area contributed by atoms with Gasteiger partial charge in [0.15, 0.2) is 5.96 Å². The Morgan fingerprint density at radius 1 is 1.23 bits per heavy atom. The fraction of sp³-hybridized carbons (Fsp3) is 0.933. The Balaban J connectivity index is 0.00000441. The van der Waals surface area contributed by atoms with E-state index in [1.807, 2.05) is 18.8 Å². The van der Waals surface area contributed by atoms with Gasteiger partial charge in [0.1, 0.15) is 0 Å². The first kappa shape index (κ1) is 22.3. The molecule has 132 valence electrons. The van der Waals surface area contributed by atoms with Crippen molar-refractivity contribution in [2.24, 2.45) is 4.99 Å². The summed E-state index contributed by atoms with van der Waals surface area (Å²) in [5, 5.41) is 6.87. The molecule has 0 radical (unpaired) electrons. The SMILES string of the molecule is CN=C(NCC(C)N1CCN(C)CC1)NCC(C)(C)SC.I. The predicted octanol–water partition coefficient (Wildman–Crippen LogP) is 1.55. The van der Waals surface area contributed by atoms with Gasteiger partial charge in [0.2, 0.25) is 0 Å². The predicted molar refractivity (Wildman–Crippen MR) is 111 cm³/mol. The minimum Gasteiger partial charge on any atom is -0.355 e. The number of nitrogens with one attached hydrogen (secondary N) is 2. The van der Waals surface area contributed by atoms with Gasteiger partial charge in [-0.25, -0.2) is 0 Å². The summed E-state index contributed by atoms with van der Waals surface area (Å²) in [5.41, 5.74) is 0. The van der Waals surface area contributed by atoms with Gasteiger partial charge in [0.25, 0.3) is 0 Å². The monoisotopic (exact) mass is 443 g/mol. The van der Waals surface area contributed by atoms with Crippen molar-refractivity contribution < 1.29 is 0 Å². The molecule has 7 heteroatoms. The van der Waals surface area contributed by atoms with Crippen LogP contribution in [0.5, 0.6) is 0 Å². The fourth-order valence-corrected chi connectivity index (χ4v) is 2.44. The average molecular weight is 443 g/mol. The fourth-order valence-electron chi connectivity index (χ4n) is 2.23. The average Bonchev–Trinajstić information content (AvgIpc) is 2.48. The van der Waals surface area contributed by atoms with E-state index >= 15 is 0 Å². The molecule has 1 aliphatic rings. The van der Waals surface area contributed by atoms with Crippen molar-refractivity contribution in [3.8, 4) is 0 Å². The number of likely N-dealkylation sites (N-methyl/N-ethyl adjacent to an activating group) is 1. The highest BCUT2D eigenvalue weighted by molar-refractivity contribution is 14.0. The molecule has 0 aromatic carbocycles. The van der Waals surface area contributed by atoms with Gasteiger partial charge in [-0.15, -0.1) is 24.0 Å². The van der Waals surface area contributed by atoms with Gasteiger partial charge in [-0.3, -0.25) is 9.89 Å². The van der Waals surface area contributed by atoms with Crippen molar-refractivity contribution in [3.05, 3.63) is 0 Å². The highest BCUT2D eigenvalue weighted by Crippen LogP contribution is 2.19. The number of hydrogen-bond donors (Lipinski definition) is 2. The molecule has 0 spiro atoms. The van der Waals surface area contributed by atoms with Crippen LogP contribution in [0.1, 0.15) is 20.8 Å². The van der Waals surface area contributed by atoms with E-state index in [4.69, 9.17) is 0 Å². The Labute approximate surface area is 158 Å². The summed E-state index contributed by atoms with van der Waals surface area (Å²) in [6, 6.07) is 0.533. The third kappa shape index (κ3) is 8.21. The van der Waals surface area contributed by atoms with E-state index in [1.54, 1.807) is 0 Å². The second kappa shape index (κ2) is 10.9. The zero-order valence-electron chi connectivity index (χ0n) is 15.0. The zero-order chi connectivity index (χ0) is 15.9. The number of halogens is 1. The highest BCUT2D eigenvalue weighted by Gasteiger charge is 2.20. The van der Waals surface area contributed by atoms with Crippen LogP contribution in [-0.2, 0) is 0 Å². The Hall–Kier alpha value is 0.270. The summed E-state index contributed by atoms with van der Waals surface area (Å²) in [5.74, 6) is 0.901. The van der Waals surface area contributed by atoms with Gasteiger partial charge in [0.05, 0.1) is 0 Å². The first-order chi connectivity index (χ1) is 9.88. The van der Waals surface area contributed by atoms with E-state index in [0.717, 1.165) is 32.1 Å². The van der Waals surface area contributed by atoms with Crippen LogP contribution in [0.2, 0.25) is 0 Å². The van der Waals surface area contributed by atoms with Crippen molar-refractivity contribution >= 4 is 41.7 Å². The van der Waals surface area contributed by atoms with Crippen LogP contribution >= 0.6 is 35.7 Å². The molecule has 5 nitrogen and oxygen atoms in total. The van der Waals surface area contributed by atoms with Gasteiger partial charge in [-0.05, 0) is 34.1 Å². The van der Waals surface area contributed by atoms with Crippen LogP contribution in [0.25, 0.3) is 0 Å². The molecule has 1 rings (SSSR count). The van der Waals surface area contributed by atoms with Crippen LogP contribution in [-0.4, -0.2) is 86.2 Å². The van der Waals surface area contributed by atoms with Gasteiger partial charge >= 0.3 is 0 Å². The first-order valence-electron chi connectivity index (χ1n) is 7.80. The maximum atomic E-state index is 4.31. The number of nitrogens with zero attached hydrogens (tertiary/aromatic N) is 3. The van der Waals surface area contributed by atoms with Crippen molar-refractivity contribution in [3.63, 3.8) is 0 Å². The lowest BCUT2D eigenvalue weighted by Gasteiger charge is -2.36. The van der Waals surface area contributed by atoms with E-state index in [-0.39, 0.29) is 28.7 Å². The van der Waals surface area contributed by atoms with E-state index in [9.17, 15) is 0 Å². The molecule has 2 N–H and O–H groups in total. The third-order valence-corrected chi connectivity index (χ3v) is 5.43. The van der Waals surface area contributed by atoms with Crippen molar-refractivity contribution in [2.45, 2.75) is 31.6 Å². The van der Waals surface area contributed by atoms with Crippen LogP contribution in [0.15, 0.2) is 4.99 Å². The molecule has 0 amide bonds. The Bertz CT molecular complexity index is 330. The van der Waals surface area contributed by atoms with Crippen molar-refractivity contribution in [2.75, 3.05) is 59.6 Å². The van der Waals surface area contributed by atoms with Crippen LogP contribution < -0.4 is 10.6 Å². The van der Waals surface area contributed by atoms with Crippen molar-refractivity contribution in [1.82, 2.24) is 20.4 Å². The Morgan fingerprint density at radius 3 is 2.32 bits per heavy atom. The smallest absolute Gasteiger partial charge is 0.191 e. The number of rotatable bonds is 6. The lowest BCUT2D eigenvalue weighted by molar-refractivity contribution is 0.120. The number of piperazine rings is 1. The summed E-state index contributed by atoms with van der Waals surface area (Å²) >= 11 is 1.87. The number of guanidine groups is 1. The second-order valence-corrected chi connectivity index (χ2v) is 7.97. The summed E-state index contributed by atoms with van der Waals surface area (Å²) in [6.45, 7) is 13.3. The summed E-state index contributed by atoms with van der Waals surface area (Å²) in [7, 11) is 4.03. The Kier molecular flexibility index (Phi) is 11.1. The van der Waals surface area contributed by atoms with E-state index < -0.39 is 0 Å². The summed E-state index contributed by atoms with van der Waals surface area (Å²) in [4.78, 5) is 9.25. The molecule has 22 heavy (non-hydrogen) atoms. The van der Waals surface area contributed by atoms with E-state index in [1.165, 1.54) is 13.1 Å². The van der Waals surface area contributed by atoms with Gasteiger partial charge in [-0.2, -0.15) is 11.8 Å². The number of hydrogen-bond acceptors (Lipinski definition) is 4. The largest absolute Gasteiger partial charge is 0.355 e. The Morgan fingerprint density at radius 2 is 1.82 bits per heavy atom. The molecule has 1 aliphatic heterocycles. The summed E-state index contributed by atoms with van der Waals surface area (Å²) in [6.07, 6.45) is 2.15. The maximum absolute atomic E-state index is 4.31. The molecule has 1 atom stereocenters. The van der Waals surface area contributed by atoms with Gasteiger partial charge in [0, 0.05) is 57.1 Å². The third-order valence-electron chi connectivity index (χ3n) is 4.18. The minimum absolute atomic E-state index is 0. The van der Waals surface area contributed by atoms with E-state index in [2.05, 4.69) is 59.5 Å². The number of aliphatic imine (C=N–C) groups is 1. The molecule has 0 saturated carbocycles. The highest BCUT2D eigenvalue weighted by atomic mass is 127. The molecular weight excluding hydrogens is 409 g/mol. The lowest BCUT2D eigenvalue weighted by Crippen LogP contribution is -2.52. The van der Waals surface area contributed by atoms with Crippen LogP contribution in [0.3, 0.4) is 0 Å². The molecule has 1 fully saturated rings. The molecule has 1 saturated heterocycles. The molecule has 1 heterocycles. The topological polar surface area (TPSA) is 42.9 Å². The summed E-state index contributed by atoms with van der Waals surface area (Å²) < 4.78 is 0.223. The van der Waals surface area contributed by atoms with Gasteiger partial charge < -0.3 is 15.5 Å². The lowest BCUT2D eigenvalue weighted by atomic mass is 10.2. The second-order valence-electron chi connectivity index (χ2n) is 6.46. The molecule has 0 bridgehead atoms. The molecular formula is C15H34IN5S. The van der Waals surface area contributed by atoms with Crippen LogP contribution in [0, 0.1) is 0 Å². The zero-order valence-corrected chi connectivity index (χ0v) is 18.1. The molecule has 0 aliphatic carbocycles. The normalized spacial score (nSPS) is 19.5. The van der Waals surface area contributed by atoms with Crippen molar-refractivity contribution in [1.29, 1.82) is 0 Å². The quantitative estimate of drug-likeness (QED) is 0.371. The molecule has 0 aromatic rings. The molecule has 1 unspecified atom stereocenters. The number of thioether (sulfide) groups is 1. The standard InChI is InChI=1S/C15H33N5S.HI/c1-13(20-9-7-19(5)8-10-20)11-17-14(16-4)18-12-15(2,3)21-6;/h13H,7-12H2,1-6H3,(H2,16,17,18);1H. The van der Waals surface area contributed by atoms with E-state index in [0.29, 0.717) is 6.04 Å². The first-order valence-corrected chi connectivity index (χ1v) is 9.02. The minimum atomic E-state index is 0. The maximum Gasteiger partial charge on any atom is 0.191 e.